The fraction of sp³-hybridized carbons (Fsp3) is 0.267. The van der Waals surface area contributed by atoms with Crippen molar-refractivity contribution in [3.63, 3.8) is 0 Å². The Kier molecular flexibility index (Phi) is 5.43. The maximum Gasteiger partial charge on any atom is 0.267 e. The Morgan fingerprint density at radius 1 is 1.20 bits per heavy atom. The molecule has 0 atom stereocenters. The number of aromatic nitrogens is 1. The van der Waals surface area contributed by atoms with E-state index in [1.807, 2.05) is 0 Å². The van der Waals surface area contributed by atoms with Gasteiger partial charge in [0, 0.05) is 6.54 Å². The number of nitrogens with one attached hydrogen (secondary N) is 2. The third-order valence-electron chi connectivity index (χ3n) is 3.10. The van der Waals surface area contributed by atoms with Gasteiger partial charge in [0.1, 0.15) is 5.69 Å². The van der Waals surface area contributed by atoms with E-state index in [2.05, 4.69) is 73.3 Å². The molecule has 0 radical (unpaired) electrons. The van der Waals surface area contributed by atoms with Crippen LogP contribution < -0.4 is 5.32 Å². The van der Waals surface area contributed by atoms with Crippen LogP contribution in [0.4, 0.5) is 0 Å². The molecule has 0 fully saturated rings. The lowest BCUT2D eigenvalue weighted by Crippen LogP contribution is -2.25. The summed E-state index contributed by atoms with van der Waals surface area (Å²) in [6.07, 6.45) is 1.88. The van der Waals surface area contributed by atoms with Gasteiger partial charge in [0.25, 0.3) is 5.91 Å². The molecule has 0 saturated heterocycles. The molecule has 0 aliphatic carbocycles. The SMILES string of the molecule is CCc1ccc(CCNC(=O)c2cc(Br)c(Br)[nH]2)cc1. The Bertz CT molecular complexity index is 571. The number of carbonyl (C=O) groups is 1. The molecular formula is C15H16Br2N2O. The number of hydrogen-bond donors (Lipinski definition) is 2. The van der Waals surface area contributed by atoms with Gasteiger partial charge >= 0.3 is 0 Å². The second-order valence-corrected chi connectivity index (χ2v) is 6.17. The molecule has 0 spiro atoms. The number of halogens is 2. The van der Waals surface area contributed by atoms with Gasteiger partial charge in [-0.25, -0.2) is 0 Å². The summed E-state index contributed by atoms with van der Waals surface area (Å²) >= 11 is 6.66. The van der Waals surface area contributed by atoms with Crippen molar-refractivity contribution in [2.75, 3.05) is 6.54 Å². The molecule has 2 aromatic rings. The number of H-pyrrole nitrogens is 1. The average molecular weight is 400 g/mol. The maximum atomic E-state index is 11.9. The van der Waals surface area contributed by atoms with E-state index in [4.69, 9.17) is 0 Å². The highest BCUT2D eigenvalue weighted by atomic mass is 79.9. The van der Waals surface area contributed by atoms with Crippen LogP contribution in [-0.2, 0) is 12.8 Å². The van der Waals surface area contributed by atoms with Crippen LogP contribution >= 0.6 is 31.9 Å². The van der Waals surface area contributed by atoms with Gasteiger partial charge in [0.05, 0.1) is 9.08 Å². The second kappa shape index (κ2) is 7.09. The minimum Gasteiger partial charge on any atom is -0.350 e. The average Bonchev–Trinajstić information content (AvgIpc) is 2.79. The molecule has 0 saturated carbocycles. The Morgan fingerprint density at radius 3 is 2.40 bits per heavy atom. The van der Waals surface area contributed by atoms with Crippen molar-refractivity contribution in [1.82, 2.24) is 10.3 Å². The molecular weight excluding hydrogens is 384 g/mol. The first-order chi connectivity index (χ1) is 9.60. The smallest absolute Gasteiger partial charge is 0.267 e. The highest BCUT2D eigenvalue weighted by Crippen LogP contribution is 2.22. The minimum absolute atomic E-state index is 0.0958. The molecule has 5 heteroatoms. The summed E-state index contributed by atoms with van der Waals surface area (Å²) in [4.78, 5) is 14.9. The molecule has 0 bridgehead atoms. The lowest BCUT2D eigenvalue weighted by atomic mass is 10.1. The molecule has 20 heavy (non-hydrogen) atoms. The van der Waals surface area contributed by atoms with Crippen LogP contribution in [0.2, 0.25) is 0 Å². The Hall–Kier alpha value is -1.07. The summed E-state index contributed by atoms with van der Waals surface area (Å²) in [6.45, 7) is 2.76. The maximum absolute atomic E-state index is 11.9. The van der Waals surface area contributed by atoms with Crippen molar-refractivity contribution >= 4 is 37.8 Å². The van der Waals surface area contributed by atoms with Crippen LogP contribution in [0.5, 0.6) is 0 Å². The quantitative estimate of drug-likeness (QED) is 0.781. The largest absolute Gasteiger partial charge is 0.350 e. The topological polar surface area (TPSA) is 44.9 Å². The van der Waals surface area contributed by atoms with Gasteiger partial charge in [-0.1, -0.05) is 31.2 Å². The van der Waals surface area contributed by atoms with Gasteiger partial charge in [0.15, 0.2) is 0 Å². The summed E-state index contributed by atoms with van der Waals surface area (Å²) in [5.41, 5.74) is 3.11. The third kappa shape index (κ3) is 3.96. The number of rotatable bonds is 5. The Morgan fingerprint density at radius 2 is 1.85 bits per heavy atom. The lowest BCUT2D eigenvalue weighted by Gasteiger charge is -2.05. The summed E-state index contributed by atoms with van der Waals surface area (Å²) in [5, 5.41) is 2.90. The molecule has 0 aliphatic rings. The van der Waals surface area contributed by atoms with Crippen molar-refractivity contribution < 1.29 is 4.79 Å². The van der Waals surface area contributed by atoms with Crippen molar-refractivity contribution in [2.45, 2.75) is 19.8 Å². The highest BCUT2D eigenvalue weighted by molar-refractivity contribution is 9.13. The van der Waals surface area contributed by atoms with Crippen molar-refractivity contribution in [1.29, 1.82) is 0 Å². The second-order valence-electron chi connectivity index (χ2n) is 4.52. The molecule has 2 N–H and O–H groups in total. The molecule has 1 heterocycles. The zero-order chi connectivity index (χ0) is 14.5. The monoisotopic (exact) mass is 398 g/mol. The molecule has 0 aliphatic heterocycles. The molecule has 1 amide bonds. The van der Waals surface area contributed by atoms with Crippen molar-refractivity contribution in [3.8, 4) is 0 Å². The predicted molar refractivity (Wildman–Crippen MR) is 88.0 cm³/mol. The van der Waals surface area contributed by atoms with Crippen LogP contribution in [0.25, 0.3) is 0 Å². The van der Waals surface area contributed by atoms with E-state index in [1.165, 1.54) is 11.1 Å². The molecule has 1 aromatic heterocycles. The first kappa shape index (κ1) is 15.3. The summed E-state index contributed by atoms with van der Waals surface area (Å²) in [6, 6.07) is 10.3. The third-order valence-corrected chi connectivity index (χ3v) is 4.88. The molecule has 0 unspecified atom stereocenters. The Labute approximate surface area is 135 Å². The highest BCUT2D eigenvalue weighted by Gasteiger charge is 2.10. The van der Waals surface area contributed by atoms with Crippen LogP contribution in [0, 0.1) is 0 Å². The van der Waals surface area contributed by atoms with Crippen molar-refractivity contribution in [3.05, 3.63) is 56.2 Å². The van der Waals surface area contributed by atoms with E-state index in [1.54, 1.807) is 6.07 Å². The van der Waals surface area contributed by atoms with E-state index in [9.17, 15) is 4.79 Å². The normalized spacial score (nSPS) is 10.6. The fourth-order valence-electron chi connectivity index (χ4n) is 1.88. The lowest BCUT2D eigenvalue weighted by molar-refractivity contribution is 0.0949. The van der Waals surface area contributed by atoms with E-state index in [0.717, 1.165) is 21.9 Å². The van der Waals surface area contributed by atoms with Gasteiger partial charge in [-0.15, -0.1) is 0 Å². The number of hydrogen-bond acceptors (Lipinski definition) is 1. The number of aromatic amines is 1. The number of carbonyl (C=O) groups excluding carboxylic acids is 1. The van der Waals surface area contributed by atoms with Gasteiger partial charge in [-0.05, 0) is 61.9 Å². The number of amides is 1. The minimum atomic E-state index is -0.0958. The number of aryl methyl sites for hydroxylation is 1. The first-order valence-corrected chi connectivity index (χ1v) is 8.08. The van der Waals surface area contributed by atoms with E-state index < -0.39 is 0 Å². The van der Waals surface area contributed by atoms with Gasteiger partial charge in [-0.3, -0.25) is 4.79 Å². The van der Waals surface area contributed by atoms with E-state index in [0.29, 0.717) is 12.2 Å². The molecule has 106 valence electrons. The van der Waals surface area contributed by atoms with E-state index >= 15 is 0 Å². The number of benzene rings is 1. The standard InChI is InChI=1S/C15H16Br2N2O/c1-2-10-3-5-11(6-4-10)7-8-18-15(20)13-9-12(16)14(17)19-13/h3-6,9,19H,2,7-8H2,1H3,(H,18,20). The fourth-order valence-corrected chi connectivity index (χ4v) is 2.54. The summed E-state index contributed by atoms with van der Waals surface area (Å²) < 4.78 is 1.62. The van der Waals surface area contributed by atoms with Crippen LogP contribution in [0.15, 0.2) is 39.4 Å². The molecule has 2 rings (SSSR count). The zero-order valence-electron chi connectivity index (χ0n) is 11.2. The molecule has 1 aromatic carbocycles. The Balaban J connectivity index is 1.84. The van der Waals surface area contributed by atoms with Crippen LogP contribution in [0.3, 0.4) is 0 Å². The zero-order valence-corrected chi connectivity index (χ0v) is 14.3. The van der Waals surface area contributed by atoms with Crippen LogP contribution in [0.1, 0.15) is 28.5 Å². The van der Waals surface area contributed by atoms with Crippen LogP contribution in [-0.4, -0.2) is 17.4 Å². The van der Waals surface area contributed by atoms with Gasteiger partial charge < -0.3 is 10.3 Å². The van der Waals surface area contributed by atoms with E-state index in [-0.39, 0.29) is 5.91 Å². The summed E-state index contributed by atoms with van der Waals surface area (Å²) in [5.74, 6) is -0.0958. The first-order valence-electron chi connectivity index (χ1n) is 6.50. The summed E-state index contributed by atoms with van der Waals surface area (Å²) in [7, 11) is 0. The van der Waals surface area contributed by atoms with Crippen molar-refractivity contribution in [2.24, 2.45) is 0 Å². The van der Waals surface area contributed by atoms with Gasteiger partial charge in [0.2, 0.25) is 0 Å². The van der Waals surface area contributed by atoms with Gasteiger partial charge in [-0.2, -0.15) is 0 Å². The predicted octanol–water partition coefficient (Wildman–Crippen LogP) is 4.07. The molecule has 3 nitrogen and oxygen atoms in total.